The van der Waals surface area contributed by atoms with E-state index in [1.165, 1.54) is 17.6 Å². The van der Waals surface area contributed by atoms with Crippen LogP contribution in [-0.4, -0.2) is 25.1 Å². The Hall–Kier alpha value is -1.94. The zero-order valence-electron chi connectivity index (χ0n) is 11.4. The number of thiazole rings is 1. The predicted octanol–water partition coefficient (Wildman–Crippen LogP) is 2.48. The number of carbonyl (C=O) groups excluding carboxylic acids is 1. The average molecular weight is 362 g/mol. The summed E-state index contributed by atoms with van der Waals surface area (Å²) in [6, 6.07) is 4.57. The van der Waals surface area contributed by atoms with E-state index in [4.69, 9.17) is 0 Å². The van der Waals surface area contributed by atoms with Crippen LogP contribution in [0.2, 0.25) is 0 Å². The molecule has 0 radical (unpaired) electrons. The van der Waals surface area contributed by atoms with Gasteiger partial charge in [-0.2, -0.15) is 13.2 Å². The Morgan fingerprint density at radius 3 is 2.74 bits per heavy atom. The molecule has 1 aromatic heterocycles. The number of benzene rings is 1. The highest BCUT2D eigenvalue weighted by Gasteiger charge is 2.37. The van der Waals surface area contributed by atoms with Crippen molar-refractivity contribution in [1.82, 2.24) is 4.98 Å². The molecule has 0 atom stereocenters. The molecule has 23 heavy (non-hydrogen) atoms. The van der Waals surface area contributed by atoms with E-state index >= 15 is 0 Å². The van der Waals surface area contributed by atoms with Gasteiger partial charge >= 0.3 is 6.18 Å². The van der Waals surface area contributed by atoms with Gasteiger partial charge in [-0.15, -0.1) is 11.3 Å². The maximum Gasteiger partial charge on any atom is 0.416 e. The smallest absolute Gasteiger partial charge is 0.296 e. The molecule has 3 rings (SSSR count). The van der Waals surface area contributed by atoms with E-state index in [1.807, 2.05) is 0 Å². The number of hydrogen-bond donors (Lipinski definition) is 0. The van der Waals surface area contributed by atoms with Gasteiger partial charge in [0.1, 0.15) is 10.8 Å². The minimum atomic E-state index is -4.49. The van der Waals surface area contributed by atoms with Crippen LogP contribution < -0.4 is 4.90 Å². The molecule has 5 nitrogen and oxygen atoms in total. The van der Waals surface area contributed by atoms with E-state index < -0.39 is 33.2 Å². The molecule has 1 aliphatic heterocycles. The molecular weight excluding hydrogens is 353 g/mol. The molecule has 0 aliphatic carbocycles. The maximum absolute atomic E-state index is 12.7. The van der Waals surface area contributed by atoms with Crippen molar-refractivity contribution >= 4 is 32.1 Å². The van der Waals surface area contributed by atoms with E-state index in [1.54, 1.807) is 0 Å². The normalized spacial score (nSPS) is 17.2. The summed E-state index contributed by atoms with van der Waals surface area (Å²) in [6.07, 6.45) is -4.49. The van der Waals surface area contributed by atoms with Crippen LogP contribution in [0.15, 0.2) is 34.8 Å². The number of fused-ring (bicyclic) bond motifs is 1. The Morgan fingerprint density at radius 1 is 1.30 bits per heavy atom. The van der Waals surface area contributed by atoms with E-state index in [9.17, 15) is 26.4 Å². The van der Waals surface area contributed by atoms with Crippen molar-refractivity contribution < 1.29 is 26.4 Å². The van der Waals surface area contributed by atoms with Crippen molar-refractivity contribution in [3.8, 4) is 0 Å². The van der Waals surface area contributed by atoms with Crippen molar-refractivity contribution in [2.24, 2.45) is 0 Å². The number of sulfone groups is 1. The van der Waals surface area contributed by atoms with E-state index in [-0.39, 0.29) is 22.1 Å². The van der Waals surface area contributed by atoms with E-state index in [0.29, 0.717) is 0 Å². The van der Waals surface area contributed by atoms with Crippen molar-refractivity contribution in [2.45, 2.75) is 17.7 Å². The number of alkyl halides is 3. The molecule has 0 unspecified atom stereocenters. The number of rotatable bonds is 2. The van der Waals surface area contributed by atoms with E-state index in [0.717, 1.165) is 28.4 Å². The van der Waals surface area contributed by atoms with Gasteiger partial charge in [0.05, 0.1) is 17.6 Å². The number of nitrogens with zero attached hydrogens (tertiary/aromatic N) is 2. The number of aromatic nitrogens is 1. The van der Waals surface area contributed by atoms with Gasteiger partial charge in [-0.25, -0.2) is 13.4 Å². The first-order chi connectivity index (χ1) is 10.7. The number of carbonyl (C=O) groups is 1. The van der Waals surface area contributed by atoms with Gasteiger partial charge in [0.15, 0.2) is 5.03 Å². The molecule has 1 amide bonds. The molecule has 2 aromatic rings. The third kappa shape index (κ3) is 2.95. The summed E-state index contributed by atoms with van der Waals surface area (Å²) >= 11 is 0.961. The summed E-state index contributed by atoms with van der Waals surface area (Å²) in [5.41, 5.74) is 0.725. The van der Waals surface area contributed by atoms with Crippen molar-refractivity contribution in [3.63, 3.8) is 0 Å². The molecule has 0 N–H and O–H groups in total. The lowest BCUT2D eigenvalue weighted by atomic mass is 10.1. The first kappa shape index (κ1) is 15.9. The van der Waals surface area contributed by atoms with Crippen molar-refractivity contribution in [2.75, 3.05) is 10.7 Å². The third-order valence-corrected chi connectivity index (χ3v) is 5.76. The zero-order valence-corrected chi connectivity index (χ0v) is 13.0. The van der Waals surface area contributed by atoms with Gasteiger partial charge in [0.2, 0.25) is 15.7 Å². The van der Waals surface area contributed by atoms with Gasteiger partial charge in [-0.3, -0.25) is 9.69 Å². The summed E-state index contributed by atoms with van der Waals surface area (Å²) in [4.78, 5) is 17.0. The predicted molar refractivity (Wildman–Crippen MR) is 76.8 cm³/mol. The topological polar surface area (TPSA) is 67.3 Å². The summed E-state index contributed by atoms with van der Waals surface area (Å²) in [5, 5.41) is -0.0623. The number of anilines is 1. The van der Waals surface area contributed by atoms with Crippen LogP contribution >= 0.6 is 11.3 Å². The Morgan fingerprint density at radius 2 is 2.04 bits per heavy atom. The Kier molecular flexibility index (Phi) is 3.68. The van der Waals surface area contributed by atoms with E-state index in [2.05, 4.69) is 4.98 Å². The molecule has 1 aromatic carbocycles. The second kappa shape index (κ2) is 5.31. The van der Waals surface area contributed by atoms with Gasteiger partial charge in [-0.05, 0) is 17.7 Å². The molecule has 122 valence electrons. The summed E-state index contributed by atoms with van der Waals surface area (Å²) in [5.74, 6) is -1.41. The van der Waals surface area contributed by atoms with Crippen LogP contribution in [0, 0.1) is 0 Å². The number of hydrogen-bond acceptors (Lipinski definition) is 5. The van der Waals surface area contributed by atoms with Gasteiger partial charge in [-0.1, -0.05) is 12.1 Å². The van der Waals surface area contributed by atoms with Crippen LogP contribution in [0.5, 0.6) is 0 Å². The fourth-order valence-corrected chi connectivity index (χ4v) is 4.74. The average Bonchev–Trinajstić information content (AvgIpc) is 2.93. The first-order valence-electron chi connectivity index (χ1n) is 6.31. The fraction of sp³-hybridized carbons (Fsp3) is 0.231. The highest BCUT2D eigenvalue weighted by molar-refractivity contribution is 7.92. The molecule has 1 aliphatic rings. The van der Waals surface area contributed by atoms with Crippen LogP contribution in [0.3, 0.4) is 0 Å². The Bertz CT molecular complexity index is 875. The molecule has 0 saturated carbocycles. The van der Waals surface area contributed by atoms with Crippen LogP contribution in [0.25, 0.3) is 0 Å². The lowest BCUT2D eigenvalue weighted by Crippen LogP contribution is -2.39. The Labute approximate surface area is 133 Å². The lowest BCUT2D eigenvalue weighted by Gasteiger charge is -2.25. The molecule has 0 spiro atoms. The first-order valence-corrected chi connectivity index (χ1v) is 8.84. The monoisotopic (exact) mass is 362 g/mol. The quantitative estimate of drug-likeness (QED) is 0.823. The van der Waals surface area contributed by atoms with Crippen molar-refractivity contribution in [3.05, 3.63) is 40.9 Å². The number of amides is 1. The van der Waals surface area contributed by atoms with Crippen LogP contribution in [0.1, 0.15) is 11.1 Å². The van der Waals surface area contributed by atoms with Gasteiger partial charge < -0.3 is 0 Å². The SMILES string of the molecule is O=C1CS(=O)(=O)c2ncsc2N1Cc1cccc(C(F)(F)F)c1. The molecule has 0 bridgehead atoms. The molecule has 0 fully saturated rings. The van der Waals surface area contributed by atoms with Crippen molar-refractivity contribution in [1.29, 1.82) is 0 Å². The van der Waals surface area contributed by atoms with Crippen LogP contribution in [-0.2, 0) is 27.4 Å². The lowest BCUT2D eigenvalue weighted by molar-refractivity contribution is -0.137. The minimum Gasteiger partial charge on any atom is -0.296 e. The third-order valence-electron chi connectivity index (χ3n) is 3.27. The largest absolute Gasteiger partial charge is 0.416 e. The fourth-order valence-electron chi connectivity index (χ4n) is 2.23. The maximum atomic E-state index is 12.7. The second-order valence-electron chi connectivity index (χ2n) is 4.90. The minimum absolute atomic E-state index is 0.138. The molecule has 10 heteroatoms. The van der Waals surface area contributed by atoms with Gasteiger partial charge in [0.25, 0.3) is 0 Å². The summed E-state index contributed by atoms with van der Waals surface area (Å²) < 4.78 is 62.0. The standard InChI is InChI=1S/C13H9F3N2O3S2/c14-13(15,16)9-3-1-2-8(4-9)5-18-10(19)6-23(20,21)11-12(18)22-7-17-11/h1-4,7H,5-6H2. The molecule has 2 heterocycles. The zero-order chi connectivity index (χ0) is 16.8. The number of halogens is 3. The summed E-state index contributed by atoms with van der Waals surface area (Å²) in [6.45, 7) is -0.145. The highest BCUT2D eigenvalue weighted by Crippen LogP contribution is 2.35. The van der Waals surface area contributed by atoms with Crippen LogP contribution in [0.4, 0.5) is 18.2 Å². The molecule has 0 saturated heterocycles. The Balaban J connectivity index is 1.97. The summed E-state index contributed by atoms with van der Waals surface area (Å²) in [7, 11) is -3.78. The van der Waals surface area contributed by atoms with Gasteiger partial charge in [0, 0.05) is 0 Å². The highest BCUT2D eigenvalue weighted by atomic mass is 32.2. The molecular formula is C13H9F3N2O3S2. The second-order valence-corrected chi connectivity index (χ2v) is 7.64.